The highest BCUT2D eigenvalue weighted by molar-refractivity contribution is 7.21. The van der Waals surface area contributed by atoms with E-state index in [4.69, 9.17) is 10.5 Å². The predicted octanol–water partition coefficient (Wildman–Crippen LogP) is 3.91. The van der Waals surface area contributed by atoms with E-state index in [1.807, 2.05) is 54.6 Å². The van der Waals surface area contributed by atoms with Crippen molar-refractivity contribution in [2.45, 2.75) is 6.92 Å². The summed E-state index contributed by atoms with van der Waals surface area (Å²) in [4.78, 5) is 17.1. The number of nitrogens with zero attached hydrogens (tertiary/aromatic N) is 3. The lowest BCUT2D eigenvalue weighted by atomic mass is 10.2. The van der Waals surface area contributed by atoms with Crippen LogP contribution in [-0.2, 0) is 4.74 Å². The molecule has 0 bridgehead atoms. The van der Waals surface area contributed by atoms with Gasteiger partial charge in [0.25, 0.3) is 0 Å². The second-order valence-corrected chi connectivity index (χ2v) is 6.59. The molecule has 0 spiro atoms. The quantitative estimate of drug-likeness (QED) is 0.555. The van der Waals surface area contributed by atoms with Gasteiger partial charge in [0, 0.05) is 0 Å². The molecule has 0 aliphatic heterocycles. The van der Waals surface area contributed by atoms with Crippen LogP contribution in [0.15, 0.2) is 54.6 Å². The number of nitrogen functional groups attached to an aromatic ring is 1. The predicted molar refractivity (Wildman–Crippen MR) is 103 cm³/mol. The number of rotatable bonds is 4. The molecule has 7 heteroatoms. The number of hydrogen-bond acceptors (Lipinski definition) is 6. The van der Waals surface area contributed by atoms with Gasteiger partial charge in [0.1, 0.15) is 10.8 Å². The fourth-order valence-corrected chi connectivity index (χ4v) is 3.75. The number of para-hydroxylation sites is 2. The number of carbonyl (C=O) groups is 1. The van der Waals surface area contributed by atoms with Crippen LogP contribution in [-0.4, -0.2) is 27.3 Å². The topological polar surface area (TPSA) is 83.0 Å². The van der Waals surface area contributed by atoms with Crippen molar-refractivity contribution < 1.29 is 9.53 Å². The number of esters is 1. The Bertz CT molecular complexity index is 1050. The van der Waals surface area contributed by atoms with Crippen molar-refractivity contribution in [2.75, 3.05) is 12.3 Å². The number of nitrogens with two attached hydrogens (primary N) is 1. The van der Waals surface area contributed by atoms with Crippen molar-refractivity contribution in [3.8, 4) is 16.3 Å². The Balaban J connectivity index is 1.94. The highest BCUT2D eigenvalue weighted by Crippen LogP contribution is 2.37. The van der Waals surface area contributed by atoms with Gasteiger partial charge in [-0.05, 0) is 31.2 Å². The van der Waals surface area contributed by atoms with Gasteiger partial charge in [-0.1, -0.05) is 30.3 Å². The SMILES string of the molecule is CCOC(=O)c1nn(-c2ccccc2)c(N)c1-c1nc2ccccc2s1. The summed E-state index contributed by atoms with van der Waals surface area (Å²) in [6.07, 6.45) is 0. The molecule has 4 rings (SSSR count). The van der Waals surface area contributed by atoms with Crippen LogP contribution >= 0.6 is 11.3 Å². The summed E-state index contributed by atoms with van der Waals surface area (Å²) in [5.74, 6) is -0.151. The molecular formula is C19H16N4O2S. The van der Waals surface area contributed by atoms with E-state index in [2.05, 4.69) is 10.1 Å². The van der Waals surface area contributed by atoms with Gasteiger partial charge in [0.15, 0.2) is 5.69 Å². The molecule has 0 saturated carbocycles. The standard InChI is InChI=1S/C19H16N4O2S/c1-2-25-19(24)16-15(18-21-13-10-6-7-11-14(13)26-18)17(20)23(22-16)12-8-4-3-5-9-12/h3-11H,2,20H2,1H3. The van der Waals surface area contributed by atoms with Crippen molar-refractivity contribution >= 4 is 33.3 Å². The van der Waals surface area contributed by atoms with Crippen molar-refractivity contribution in [3.05, 3.63) is 60.3 Å². The minimum Gasteiger partial charge on any atom is -0.461 e. The van der Waals surface area contributed by atoms with E-state index in [9.17, 15) is 4.79 Å². The zero-order valence-electron chi connectivity index (χ0n) is 14.0. The van der Waals surface area contributed by atoms with Gasteiger partial charge in [0.2, 0.25) is 0 Å². The van der Waals surface area contributed by atoms with Gasteiger partial charge >= 0.3 is 5.97 Å². The van der Waals surface area contributed by atoms with E-state index in [0.717, 1.165) is 15.9 Å². The Morgan fingerprint density at radius 2 is 1.88 bits per heavy atom. The molecular weight excluding hydrogens is 348 g/mol. The molecule has 2 aromatic heterocycles. The lowest BCUT2D eigenvalue weighted by Gasteiger charge is -2.03. The number of carbonyl (C=O) groups excluding carboxylic acids is 1. The number of ether oxygens (including phenoxy) is 1. The molecule has 0 atom stereocenters. The fourth-order valence-electron chi connectivity index (χ4n) is 2.73. The summed E-state index contributed by atoms with van der Waals surface area (Å²) in [5, 5.41) is 5.08. The molecule has 2 N–H and O–H groups in total. The van der Waals surface area contributed by atoms with Crippen molar-refractivity contribution in [2.24, 2.45) is 0 Å². The average Bonchev–Trinajstić information content (AvgIpc) is 3.23. The van der Waals surface area contributed by atoms with Gasteiger partial charge in [-0.15, -0.1) is 11.3 Å². The van der Waals surface area contributed by atoms with Crippen LogP contribution in [0.25, 0.3) is 26.5 Å². The monoisotopic (exact) mass is 364 g/mol. The first-order valence-corrected chi connectivity index (χ1v) is 8.97. The third-order valence-corrected chi connectivity index (χ3v) is 4.95. The summed E-state index contributed by atoms with van der Waals surface area (Å²) in [7, 11) is 0. The largest absolute Gasteiger partial charge is 0.461 e. The lowest BCUT2D eigenvalue weighted by Crippen LogP contribution is -2.07. The molecule has 26 heavy (non-hydrogen) atoms. The number of fused-ring (bicyclic) bond motifs is 1. The maximum absolute atomic E-state index is 12.5. The Labute approximate surface area is 153 Å². The second kappa shape index (κ2) is 6.61. The van der Waals surface area contributed by atoms with E-state index < -0.39 is 5.97 Å². The maximum atomic E-state index is 12.5. The maximum Gasteiger partial charge on any atom is 0.359 e. The van der Waals surface area contributed by atoms with Crippen molar-refractivity contribution in [1.29, 1.82) is 0 Å². The first kappa shape index (κ1) is 16.3. The Morgan fingerprint density at radius 3 is 2.62 bits per heavy atom. The zero-order valence-corrected chi connectivity index (χ0v) is 14.9. The molecule has 0 fully saturated rings. The van der Waals surface area contributed by atoms with Gasteiger partial charge in [-0.25, -0.2) is 14.5 Å². The first-order valence-electron chi connectivity index (χ1n) is 8.16. The molecule has 0 saturated heterocycles. The molecule has 0 radical (unpaired) electrons. The smallest absolute Gasteiger partial charge is 0.359 e. The molecule has 2 heterocycles. The summed E-state index contributed by atoms with van der Waals surface area (Å²) < 4.78 is 7.74. The van der Waals surface area contributed by atoms with Crippen LogP contribution in [0.1, 0.15) is 17.4 Å². The van der Waals surface area contributed by atoms with Crippen LogP contribution < -0.4 is 5.73 Å². The zero-order chi connectivity index (χ0) is 18.1. The molecule has 0 unspecified atom stereocenters. The summed E-state index contributed by atoms with van der Waals surface area (Å²) in [6.45, 7) is 2.02. The molecule has 0 amide bonds. The highest BCUT2D eigenvalue weighted by Gasteiger charge is 2.26. The lowest BCUT2D eigenvalue weighted by molar-refractivity contribution is 0.0520. The van der Waals surface area contributed by atoms with E-state index in [-0.39, 0.29) is 12.3 Å². The Kier molecular flexibility index (Phi) is 4.14. The third kappa shape index (κ3) is 2.72. The number of thiazole rings is 1. The van der Waals surface area contributed by atoms with Gasteiger partial charge < -0.3 is 10.5 Å². The van der Waals surface area contributed by atoms with Crippen molar-refractivity contribution in [1.82, 2.24) is 14.8 Å². The fraction of sp³-hybridized carbons (Fsp3) is 0.105. The van der Waals surface area contributed by atoms with E-state index in [1.165, 1.54) is 11.3 Å². The van der Waals surface area contributed by atoms with E-state index in [0.29, 0.717) is 16.4 Å². The molecule has 0 aliphatic rings. The number of hydrogen-bond donors (Lipinski definition) is 1. The Hall–Kier alpha value is -3.19. The minimum atomic E-state index is -0.511. The summed E-state index contributed by atoms with van der Waals surface area (Å²) in [6, 6.07) is 17.2. The average molecular weight is 364 g/mol. The minimum absolute atomic E-state index is 0.173. The van der Waals surface area contributed by atoms with Gasteiger partial charge in [-0.2, -0.15) is 5.10 Å². The second-order valence-electron chi connectivity index (χ2n) is 5.56. The van der Waals surface area contributed by atoms with E-state index in [1.54, 1.807) is 11.6 Å². The number of benzene rings is 2. The number of anilines is 1. The van der Waals surface area contributed by atoms with Gasteiger partial charge in [-0.3, -0.25) is 0 Å². The van der Waals surface area contributed by atoms with E-state index >= 15 is 0 Å². The number of aromatic nitrogens is 3. The van der Waals surface area contributed by atoms with Crippen molar-refractivity contribution in [3.63, 3.8) is 0 Å². The molecule has 4 aromatic rings. The summed E-state index contributed by atoms with van der Waals surface area (Å²) >= 11 is 1.47. The van der Waals surface area contributed by atoms with Gasteiger partial charge in [0.05, 0.1) is 28.1 Å². The molecule has 0 aliphatic carbocycles. The molecule has 130 valence electrons. The first-order chi connectivity index (χ1) is 12.7. The van der Waals surface area contributed by atoms with Crippen LogP contribution in [0, 0.1) is 0 Å². The normalized spacial score (nSPS) is 11.0. The van der Waals surface area contributed by atoms with Crippen LogP contribution in [0.5, 0.6) is 0 Å². The highest BCUT2D eigenvalue weighted by atomic mass is 32.1. The third-order valence-electron chi connectivity index (χ3n) is 3.90. The van der Waals surface area contributed by atoms with Crippen LogP contribution in [0.3, 0.4) is 0 Å². The Morgan fingerprint density at radius 1 is 1.15 bits per heavy atom. The molecule has 6 nitrogen and oxygen atoms in total. The molecule has 2 aromatic carbocycles. The van der Waals surface area contributed by atoms with Crippen LogP contribution in [0.2, 0.25) is 0 Å². The van der Waals surface area contributed by atoms with Crippen LogP contribution in [0.4, 0.5) is 5.82 Å². The summed E-state index contributed by atoms with van der Waals surface area (Å²) in [5.41, 5.74) is 8.69.